The fourth-order valence-electron chi connectivity index (χ4n) is 4.19. The van der Waals surface area contributed by atoms with E-state index in [0.717, 1.165) is 29.3 Å². The first-order valence-corrected chi connectivity index (χ1v) is 11.9. The van der Waals surface area contributed by atoms with Crippen LogP contribution in [0, 0.1) is 0 Å². The molecule has 0 bridgehead atoms. The van der Waals surface area contributed by atoms with Gasteiger partial charge in [0.25, 0.3) is 5.91 Å². The van der Waals surface area contributed by atoms with Crippen molar-refractivity contribution in [2.75, 3.05) is 25.0 Å². The van der Waals surface area contributed by atoms with Crippen LogP contribution in [0.3, 0.4) is 0 Å². The molecule has 0 saturated carbocycles. The van der Waals surface area contributed by atoms with Gasteiger partial charge in [0.1, 0.15) is 24.7 Å². The van der Waals surface area contributed by atoms with Gasteiger partial charge in [0.2, 0.25) is 0 Å². The Morgan fingerprint density at radius 3 is 2.24 bits per heavy atom. The van der Waals surface area contributed by atoms with Gasteiger partial charge in [-0.15, -0.1) is 0 Å². The van der Waals surface area contributed by atoms with E-state index in [1.54, 1.807) is 4.90 Å². The lowest BCUT2D eigenvalue weighted by molar-refractivity contribution is -0.918. The number of quaternary nitrogens is 1. The molecule has 0 unspecified atom stereocenters. The molecular formula is C28H33N2O3+. The molecule has 0 atom stereocenters. The molecule has 1 aliphatic heterocycles. The molecule has 3 aromatic carbocycles. The normalized spacial score (nSPS) is 14.0. The van der Waals surface area contributed by atoms with Crippen molar-refractivity contribution in [2.45, 2.75) is 39.3 Å². The zero-order valence-corrected chi connectivity index (χ0v) is 19.3. The lowest BCUT2D eigenvalue weighted by Gasteiger charge is -2.23. The van der Waals surface area contributed by atoms with E-state index >= 15 is 0 Å². The van der Waals surface area contributed by atoms with Crippen molar-refractivity contribution in [2.24, 2.45) is 0 Å². The summed E-state index contributed by atoms with van der Waals surface area (Å²) in [6.07, 6.45) is 4.02. The average molecular weight is 446 g/mol. The number of ether oxygens (including phenoxy) is 2. The summed E-state index contributed by atoms with van der Waals surface area (Å²) in [6, 6.07) is 23.3. The Labute approximate surface area is 196 Å². The maximum atomic E-state index is 12.8. The molecule has 172 valence electrons. The zero-order chi connectivity index (χ0) is 22.9. The van der Waals surface area contributed by atoms with Crippen molar-refractivity contribution in [1.29, 1.82) is 0 Å². The smallest absolute Gasteiger partial charge is 0.255 e. The van der Waals surface area contributed by atoms with Gasteiger partial charge in [-0.1, -0.05) is 24.3 Å². The summed E-state index contributed by atoms with van der Waals surface area (Å²) >= 11 is 0. The van der Waals surface area contributed by atoms with Crippen molar-refractivity contribution < 1.29 is 19.2 Å². The molecule has 0 aromatic heterocycles. The summed E-state index contributed by atoms with van der Waals surface area (Å²) in [5.41, 5.74) is 3.69. The van der Waals surface area contributed by atoms with E-state index in [4.69, 9.17) is 9.47 Å². The second kappa shape index (κ2) is 11.5. The average Bonchev–Trinajstić information content (AvgIpc) is 2.86. The quantitative estimate of drug-likeness (QED) is 0.510. The zero-order valence-electron chi connectivity index (χ0n) is 19.3. The highest BCUT2D eigenvalue weighted by molar-refractivity contribution is 6.04. The number of anilines is 1. The van der Waals surface area contributed by atoms with Gasteiger partial charge in [0.15, 0.2) is 0 Å². The van der Waals surface area contributed by atoms with Gasteiger partial charge in [0, 0.05) is 16.8 Å². The first-order valence-electron chi connectivity index (χ1n) is 11.9. The Morgan fingerprint density at radius 1 is 0.848 bits per heavy atom. The number of carbonyl (C=O) groups excluding carboxylic acids is 1. The maximum absolute atomic E-state index is 12.8. The molecule has 1 heterocycles. The number of hydrogen-bond acceptors (Lipinski definition) is 3. The van der Waals surface area contributed by atoms with Crippen molar-refractivity contribution in [1.82, 2.24) is 0 Å². The fraction of sp³-hybridized carbons (Fsp3) is 0.321. The molecular weight excluding hydrogens is 412 g/mol. The number of piperidine rings is 1. The van der Waals surface area contributed by atoms with Crippen LogP contribution in [-0.4, -0.2) is 25.6 Å². The third-order valence-electron chi connectivity index (χ3n) is 5.96. The van der Waals surface area contributed by atoms with Gasteiger partial charge in [-0.3, -0.25) is 4.79 Å². The second-order valence-electron chi connectivity index (χ2n) is 8.53. The predicted molar refractivity (Wildman–Crippen MR) is 131 cm³/mol. The standard InChI is InChI=1S/C28H32N2O3/c1-2-32-26-13-15-27(16-14-26)33-21-23-7-6-8-24(19-23)28(31)29-25-11-9-22(10-12-25)20-30-17-4-3-5-18-30/h6-16,19H,2-5,17-18,20-21H2,1H3,(H,29,31)/p+1. The number of benzene rings is 3. The van der Waals surface area contributed by atoms with Gasteiger partial charge < -0.3 is 19.7 Å². The molecule has 0 spiro atoms. The van der Waals surface area contributed by atoms with Gasteiger partial charge in [-0.25, -0.2) is 0 Å². The van der Waals surface area contributed by atoms with E-state index in [-0.39, 0.29) is 5.91 Å². The van der Waals surface area contributed by atoms with Crippen LogP contribution in [0.5, 0.6) is 11.5 Å². The molecule has 2 N–H and O–H groups in total. The Kier molecular flexibility index (Phi) is 7.99. The minimum absolute atomic E-state index is 0.118. The highest BCUT2D eigenvalue weighted by atomic mass is 16.5. The first-order chi connectivity index (χ1) is 16.2. The number of rotatable bonds is 9. The third kappa shape index (κ3) is 6.83. The molecule has 0 radical (unpaired) electrons. The van der Waals surface area contributed by atoms with Gasteiger partial charge in [-0.05, 0) is 80.3 Å². The van der Waals surface area contributed by atoms with E-state index < -0.39 is 0 Å². The summed E-state index contributed by atoms with van der Waals surface area (Å²) in [7, 11) is 0. The summed E-state index contributed by atoms with van der Waals surface area (Å²) in [5.74, 6) is 1.47. The van der Waals surface area contributed by atoms with Crippen LogP contribution in [0.25, 0.3) is 0 Å². The molecule has 0 aliphatic carbocycles. The van der Waals surface area contributed by atoms with E-state index in [0.29, 0.717) is 18.8 Å². The van der Waals surface area contributed by atoms with Crippen LogP contribution in [0.1, 0.15) is 47.7 Å². The molecule has 5 heteroatoms. The Bertz CT molecular complexity index is 1030. The van der Waals surface area contributed by atoms with Crippen LogP contribution in [0.2, 0.25) is 0 Å². The molecule has 4 rings (SSSR count). The minimum Gasteiger partial charge on any atom is -0.494 e. The predicted octanol–water partition coefficient (Wildman–Crippen LogP) is 4.49. The number of amides is 1. The summed E-state index contributed by atoms with van der Waals surface area (Å²) in [4.78, 5) is 14.4. The number of carbonyl (C=O) groups is 1. The summed E-state index contributed by atoms with van der Waals surface area (Å²) in [6.45, 7) is 6.57. The lowest BCUT2D eigenvalue weighted by atomic mass is 10.1. The second-order valence-corrected chi connectivity index (χ2v) is 8.53. The topological polar surface area (TPSA) is 52.0 Å². The van der Waals surface area contributed by atoms with Crippen molar-refractivity contribution in [3.05, 3.63) is 89.5 Å². The monoisotopic (exact) mass is 445 g/mol. The van der Waals surface area contributed by atoms with Gasteiger partial charge in [-0.2, -0.15) is 0 Å². The number of nitrogens with one attached hydrogen (secondary N) is 2. The highest BCUT2D eigenvalue weighted by Gasteiger charge is 2.14. The maximum Gasteiger partial charge on any atom is 0.255 e. The van der Waals surface area contributed by atoms with E-state index in [9.17, 15) is 4.79 Å². The Balaban J connectivity index is 1.30. The third-order valence-corrected chi connectivity index (χ3v) is 5.96. The van der Waals surface area contributed by atoms with Crippen LogP contribution >= 0.6 is 0 Å². The van der Waals surface area contributed by atoms with Crippen molar-refractivity contribution in [3.8, 4) is 11.5 Å². The Morgan fingerprint density at radius 2 is 1.55 bits per heavy atom. The summed E-state index contributed by atoms with van der Waals surface area (Å²) < 4.78 is 11.3. The lowest BCUT2D eigenvalue weighted by Crippen LogP contribution is -3.11. The van der Waals surface area contributed by atoms with E-state index in [2.05, 4.69) is 17.4 Å². The minimum atomic E-state index is -0.118. The van der Waals surface area contributed by atoms with Crippen LogP contribution in [0.15, 0.2) is 72.8 Å². The van der Waals surface area contributed by atoms with Crippen LogP contribution in [-0.2, 0) is 13.2 Å². The molecule has 5 nitrogen and oxygen atoms in total. The summed E-state index contributed by atoms with van der Waals surface area (Å²) in [5, 5.41) is 3.01. The molecule has 1 fully saturated rings. The highest BCUT2D eigenvalue weighted by Crippen LogP contribution is 2.19. The number of hydrogen-bond donors (Lipinski definition) is 2. The molecule has 3 aromatic rings. The van der Waals surface area contributed by atoms with Gasteiger partial charge in [0.05, 0.1) is 19.7 Å². The molecule has 1 amide bonds. The van der Waals surface area contributed by atoms with Crippen LogP contribution < -0.4 is 19.7 Å². The first kappa shape index (κ1) is 22.9. The molecule has 1 saturated heterocycles. The molecule has 1 aliphatic rings. The van der Waals surface area contributed by atoms with Crippen molar-refractivity contribution >= 4 is 11.6 Å². The molecule has 33 heavy (non-hydrogen) atoms. The van der Waals surface area contributed by atoms with E-state index in [1.165, 1.54) is 37.9 Å². The fourth-order valence-corrected chi connectivity index (χ4v) is 4.19. The number of likely N-dealkylation sites (tertiary alicyclic amines) is 1. The Hall–Kier alpha value is -3.31. The van der Waals surface area contributed by atoms with Gasteiger partial charge >= 0.3 is 0 Å². The van der Waals surface area contributed by atoms with E-state index in [1.807, 2.05) is 67.6 Å². The SMILES string of the molecule is CCOc1ccc(OCc2cccc(C(=O)Nc3ccc(C[NH+]4CCCCC4)cc3)c2)cc1. The largest absolute Gasteiger partial charge is 0.494 e. The van der Waals surface area contributed by atoms with Crippen LogP contribution in [0.4, 0.5) is 5.69 Å². The van der Waals surface area contributed by atoms with Crippen molar-refractivity contribution in [3.63, 3.8) is 0 Å².